The van der Waals surface area contributed by atoms with Gasteiger partial charge in [0.25, 0.3) is 5.89 Å². The second-order valence-corrected chi connectivity index (χ2v) is 8.07. The van der Waals surface area contributed by atoms with Crippen molar-refractivity contribution in [3.8, 4) is 6.07 Å². The number of rotatable bonds is 4. The summed E-state index contributed by atoms with van der Waals surface area (Å²) in [5.74, 6) is -0.345. The third kappa shape index (κ3) is 3.90. The van der Waals surface area contributed by atoms with Crippen molar-refractivity contribution in [3.63, 3.8) is 0 Å². The minimum atomic E-state index is -3.76. The first-order valence-corrected chi connectivity index (χ1v) is 9.51. The first kappa shape index (κ1) is 18.4. The molecule has 1 aliphatic rings. The number of aromatic nitrogens is 2. The number of morpholine rings is 1. The van der Waals surface area contributed by atoms with Crippen LogP contribution in [0.5, 0.6) is 0 Å². The maximum atomic E-state index is 13.3. The molecule has 2 heterocycles. The van der Waals surface area contributed by atoms with E-state index in [1.165, 1.54) is 10.4 Å². The van der Waals surface area contributed by atoms with Gasteiger partial charge in [0.05, 0.1) is 23.5 Å². The first-order valence-electron chi connectivity index (χ1n) is 7.90. The minimum absolute atomic E-state index is 0.000964. The van der Waals surface area contributed by atoms with Crippen molar-refractivity contribution in [1.82, 2.24) is 14.4 Å². The highest BCUT2D eigenvalue weighted by atomic mass is 32.2. The Bertz CT molecular complexity index is 953. The maximum absolute atomic E-state index is 13.3. The van der Waals surface area contributed by atoms with E-state index >= 15 is 0 Å². The fourth-order valence-corrected chi connectivity index (χ4v) is 4.41. The molecular formula is C16H17FN4O4S. The number of hydrogen-bond donors (Lipinski definition) is 0. The van der Waals surface area contributed by atoms with Gasteiger partial charge in [-0.3, -0.25) is 0 Å². The fourth-order valence-electron chi connectivity index (χ4n) is 2.79. The summed E-state index contributed by atoms with van der Waals surface area (Å²) in [6, 6.07) is 5.30. The van der Waals surface area contributed by atoms with Crippen molar-refractivity contribution >= 4 is 10.0 Å². The van der Waals surface area contributed by atoms with Gasteiger partial charge < -0.3 is 9.26 Å². The van der Waals surface area contributed by atoms with Crippen molar-refractivity contribution in [2.45, 2.75) is 31.8 Å². The van der Waals surface area contributed by atoms with Gasteiger partial charge in [-0.2, -0.15) is 14.6 Å². The van der Waals surface area contributed by atoms with Gasteiger partial charge in [0.1, 0.15) is 5.82 Å². The predicted octanol–water partition coefficient (Wildman–Crippen LogP) is 1.68. The topological polar surface area (TPSA) is 109 Å². The van der Waals surface area contributed by atoms with Crippen LogP contribution >= 0.6 is 0 Å². The lowest BCUT2D eigenvalue weighted by Crippen LogP contribution is -2.46. The van der Waals surface area contributed by atoms with Gasteiger partial charge in [-0.05, 0) is 31.5 Å². The molecule has 2 aromatic rings. The zero-order valence-corrected chi connectivity index (χ0v) is 15.0. The smallest absolute Gasteiger partial charge is 0.257 e. The molecule has 3 rings (SSSR count). The van der Waals surface area contributed by atoms with Crippen molar-refractivity contribution in [3.05, 3.63) is 46.9 Å². The van der Waals surface area contributed by atoms with Crippen LogP contribution in [0.4, 0.5) is 4.39 Å². The molecule has 10 heteroatoms. The molecule has 1 aromatic heterocycles. The van der Waals surface area contributed by atoms with E-state index in [9.17, 15) is 12.8 Å². The highest BCUT2D eigenvalue weighted by Crippen LogP contribution is 2.27. The van der Waals surface area contributed by atoms with E-state index in [0.29, 0.717) is 5.82 Å². The minimum Gasteiger partial charge on any atom is -0.363 e. The Morgan fingerprint density at radius 3 is 2.85 bits per heavy atom. The quantitative estimate of drug-likeness (QED) is 0.794. The predicted molar refractivity (Wildman–Crippen MR) is 87.6 cm³/mol. The fraction of sp³-hybridized carbons (Fsp3) is 0.438. The summed E-state index contributed by atoms with van der Waals surface area (Å²) in [4.78, 5) is 4.10. The molecule has 0 aliphatic carbocycles. The summed E-state index contributed by atoms with van der Waals surface area (Å²) in [6.07, 6.45) is -1.04. The van der Waals surface area contributed by atoms with Crippen LogP contribution in [0.15, 0.2) is 22.7 Å². The molecule has 0 bridgehead atoms. The van der Waals surface area contributed by atoms with Crippen LogP contribution in [-0.4, -0.2) is 42.1 Å². The van der Waals surface area contributed by atoms with Gasteiger partial charge in [-0.1, -0.05) is 11.2 Å². The van der Waals surface area contributed by atoms with Crippen LogP contribution in [0.3, 0.4) is 0 Å². The van der Waals surface area contributed by atoms with Gasteiger partial charge >= 0.3 is 0 Å². The van der Waals surface area contributed by atoms with Crippen LogP contribution in [0, 0.1) is 24.1 Å². The van der Waals surface area contributed by atoms with Gasteiger partial charge in [0.2, 0.25) is 10.0 Å². The molecule has 0 saturated carbocycles. The molecular weight excluding hydrogens is 363 g/mol. The van der Waals surface area contributed by atoms with Crippen molar-refractivity contribution in [2.24, 2.45) is 0 Å². The lowest BCUT2D eigenvalue weighted by atomic mass is 10.1. The third-order valence-corrected chi connectivity index (χ3v) is 5.73. The van der Waals surface area contributed by atoms with E-state index in [4.69, 9.17) is 14.5 Å². The largest absolute Gasteiger partial charge is 0.363 e. The molecule has 1 fully saturated rings. The number of halogens is 1. The second-order valence-electron chi connectivity index (χ2n) is 6.10. The van der Waals surface area contributed by atoms with Crippen LogP contribution in [0.1, 0.15) is 35.9 Å². The molecule has 0 spiro atoms. The standard InChI is InChI=1S/C16H17FN4O4S/c1-10-7-21(8-15(24-10)16-19-11(2)20-25-16)26(22,23)9-12-3-4-14(17)5-13(12)6-18/h3-5,10,15H,7-9H2,1-2H3/t10-,15-/m1/s1. The zero-order valence-electron chi connectivity index (χ0n) is 14.2. The van der Waals surface area contributed by atoms with Crippen molar-refractivity contribution in [2.75, 3.05) is 13.1 Å². The molecule has 138 valence electrons. The average Bonchev–Trinajstić information content (AvgIpc) is 3.02. The van der Waals surface area contributed by atoms with Gasteiger partial charge in [-0.15, -0.1) is 0 Å². The zero-order chi connectivity index (χ0) is 18.9. The van der Waals surface area contributed by atoms with E-state index in [2.05, 4.69) is 10.1 Å². The summed E-state index contributed by atoms with van der Waals surface area (Å²) in [5.41, 5.74) is 0.247. The van der Waals surface area contributed by atoms with E-state index in [-0.39, 0.29) is 36.2 Å². The summed E-state index contributed by atoms with van der Waals surface area (Å²) in [6.45, 7) is 3.59. The number of ether oxygens (including phenoxy) is 1. The van der Waals surface area contributed by atoms with E-state index in [0.717, 1.165) is 12.1 Å². The normalized spacial score (nSPS) is 21.5. The summed E-state index contributed by atoms with van der Waals surface area (Å²) in [5, 5.41) is 12.8. The van der Waals surface area contributed by atoms with E-state index in [1.807, 2.05) is 6.07 Å². The number of hydrogen-bond acceptors (Lipinski definition) is 7. The van der Waals surface area contributed by atoms with E-state index < -0.39 is 27.7 Å². The Balaban J connectivity index is 1.83. The molecule has 8 nitrogen and oxygen atoms in total. The molecule has 0 N–H and O–H groups in total. The lowest BCUT2D eigenvalue weighted by molar-refractivity contribution is -0.0691. The summed E-state index contributed by atoms with van der Waals surface area (Å²) >= 11 is 0. The molecule has 26 heavy (non-hydrogen) atoms. The SMILES string of the molecule is Cc1noc([C@H]2CN(S(=O)(=O)Cc3ccc(F)cc3C#N)C[C@@H](C)O2)n1. The Labute approximate surface area is 150 Å². The van der Waals surface area contributed by atoms with Crippen LogP contribution in [-0.2, 0) is 20.5 Å². The Morgan fingerprint density at radius 2 is 2.19 bits per heavy atom. The first-order chi connectivity index (χ1) is 12.3. The molecule has 0 amide bonds. The third-order valence-electron chi connectivity index (χ3n) is 3.97. The number of benzene rings is 1. The molecule has 1 aliphatic heterocycles. The maximum Gasteiger partial charge on any atom is 0.257 e. The van der Waals surface area contributed by atoms with E-state index in [1.54, 1.807) is 13.8 Å². The van der Waals surface area contributed by atoms with Gasteiger partial charge in [0, 0.05) is 13.1 Å². The van der Waals surface area contributed by atoms with Crippen LogP contribution < -0.4 is 0 Å². The highest BCUT2D eigenvalue weighted by molar-refractivity contribution is 7.88. The molecule has 0 radical (unpaired) electrons. The van der Waals surface area contributed by atoms with Crippen molar-refractivity contribution in [1.29, 1.82) is 5.26 Å². The number of aryl methyl sites for hydroxylation is 1. The molecule has 1 aromatic carbocycles. The summed E-state index contributed by atoms with van der Waals surface area (Å²) < 4.78 is 51.0. The monoisotopic (exact) mass is 380 g/mol. The van der Waals surface area contributed by atoms with Gasteiger partial charge in [0.15, 0.2) is 11.9 Å². The summed E-state index contributed by atoms with van der Waals surface area (Å²) in [7, 11) is -3.76. The second kappa shape index (κ2) is 7.11. The van der Waals surface area contributed by atoms with Crippen LogP contribution in [0.25, 0.3) is 0 Å². The Kier molecular flexibility index (Phi) is 5.04. The lowest BCUT2D eigenvalue weighted by Gasteiger charge is -2.34. The number of nitrogens with zero attached hydrogens (tertiary/aromatic N) is 4. The van der Waals surface area contributed by atoms with Crippen molar-refractivity contribution < 1.29 is 22.1 Å². The Hall–Kier alpha value is -2.35. The number of nitriles is 1. The van der Waals surface area contributed by atoms with Crippen LogP contribution in [0.2, 0.25) is 0 Å². The number of sulfonamides is 1. The highest BCUT2D eigenvalue weighted by Gasteiger charge is 2.36. The molecule has 2 atom stereocenters. The Morgan fingerprint density at radius 1 is 1.42 bits per heavy atom. The average molecular weight is 380 g/mol. The molecule has 1 saturated heterocycles. The molecule has 0 unspecified atom stereocenters. The van der Waals surface area contributed by atoms with Gasteiger partial charge in [-0.25, -0.2) is 12.8 Å².